The zero-order chi connectivity index (χ0) is 14.5. The minimum absolute atomic E-state index is 0.120. The summed E-state index contributed by atoms with van der Waals surface area (Å²) < 4.78 is 0.712. The Morgan fingerprint density at radius 3 is 2.55 bits per heavy atom. The molecular formula is C15H15BrN2O2. The number of rotatable bonds is 5. The molecule has 0 heterocycles. The molecule has 0 unspecified atom stereocenters. The summed E-state index contributed by atoms with van der Waals surface area (Å²) in [6, 6.07) is 15.2. The summed E-state index contributed by atoms with van der Waals surface area (Å²) in [5.74, 6) is 0. The van der Waals surface area contributed by atoms with Crippen molar-refractivity contribution in [3.8, 4) is 0 Å². The fourth-order valence-electron chi connectivity index (χ4n) is 2.03. The van der Waals surface area contributed by atoms with Crippen LogP contribution < -0.4 is 4.90 Å². The first-order valence-corrected chi connectivity index (χ1v) is 7.06. The van der Waals surface area contributed by atoms with Gasteiger partial charge in [0.15, 0.2) is 0 Å². The second kappa shape index (κ2) is 6.52. The Labute approximate surface area is 126 Å². The Balaban J connectivity index is 2.13. The average Bonchev–Trinajstić information content (AvgIpc) is 2.45. The standard InChI is InChI=1S/C15H15BrN2O2/c1-17(10-9-12-5-3-2-4-6-12)14-8-7-13(16)11-15(14)18(19)20/h2-8,11H,9-10H2,1H3. The van der Waals surface area contributed by atoms with E-state index in [0.29, 0.717) is 10.2 Å². The van der Waals surface area contributed by atoms with Crippen molar-refractivity contribution in [1.29, 1.82) is 0 Å². The molecular weight excluding hydrogens is 320 g/mol. The van der Waals surface area contributed by atoms with E-state index in [1.54, 1.807) is 6.07 Å². The molecule has 0 aliphatic heterocycles. The van der Waals surface area contributed by atoms with Gasteiger partial charge in [0.2, 0.25) is 0 Å². The highest BCUT2D eigenvalue weighted by molar-refractivity contribution is 9.10. The monoisotopic (exact) mass is 334 g/mol. The van der Waals surface area contributed by atoms with E-state index in [1.807, 2.05) is 36.2 Å². The van der Waals surface area contributed by atoms with Crippen LogP contribution in [0, 0.1) is 10.1 Å². The summed E-state index contributed by atoms with van der Waals surface area (Å²) in [6.45, 7) is 0.729. The molecule has 5 heteroatoms. The van der Waals surface area contributed by atoms with Gasteiger partial charge in [0.05, 0.1) is 4.92 Å². The Bertz CT molecular complexity index is 602. The maximum absolute atomic E-state index is 11.1. The third-order valence-electron chi connectivity index (χ3n) is 3.12. The van der Waals surface area contributed by atoms with Gasteiger partial charge in [-0.05, 0) is 24.1 Å². The largest absolute Gasteiger partial charge is 0.369 e. The van der Waals surface area contributed by atoms with Crippen molar-refractivity contribution in [3.05, 3.63) is 68.7 Å². The quantitative estimate of drug-likeness (QED) is 0.612. The van der Waals surface area contributed by atoms with Crippen molar-refractivity contribution < 1.29 is 4.92 Å². The van der Waals surface area contributed by atoms with Crippen molar-refractivity contribution in [2.75, 3.05) is 18.5 Å². The molecule has 20 heavy (non-hydrogen) atoms. The second-order valence-electron chi connectivity index (χ2n) is 4.55. The molecule has 0 aromatic heterocycles. The van der Waals surface area contributed by atoms with Crippen LogP contribution in [-0.4, -0.2) is 18.5 Å². The minimum atomic E-state index is -0.348. The van der Waals surface area contributed by atoms with Crippen molar-refractivity contribution in [2.24, 2.45) is 0 Å². The molecule has 104 valence electrons. The van der Waals surface area contributed by atoms with E-state index < -0.39 is 0 Å². The van der Waals surface area contributed by atoms with Crippen molar-refractivity contribution in [1.82, 2.24) is 0 Å². The summed E-state index contributed by atoms with van der Waals surface area (Å²) in [4.78, 5) is 12.7. The second-order valence-corrected chi connectivity index (χ2v) is 5.46. The van der Waals surface area contributed by atoms with Crippen molar-refractivity contribution >= 4 is 27.3 Å². The predicted octanol–water partition coefficient (Wildman–Crippen LogP) is 4.04. The zero-order valence-electron chi connectivity index (χ0n) is 11.1. The number of halogens is 1. The minimum Gasteiger partial charge on any atom is -0.369 e. The van der Waals surface area contributed by atoms with Crippen molar-refractivity contribution in [2.45, 2.75) is 6.42 Å². The molecule has 0 aliphatic carbocycles. The summed E-state index contributed by atoms with van der Waals surface area (Å²) in [6.07, 6.45) is 0.852. The van der Waals surface area contributed by atoms with Gasteiger partial charge in [-0.2, -0.15) is 0 Å². The van der Waals surface area contributed by atoms with Crippen LogP contribution in [-0.2, 0) is 6.42 Å². The van der Waals surface area contributed by atoms with Crippen molar-refractivity contribution in [3.63, 3.8) is 0 Å². The Morgan fingerprint density at radius 1 is 1.20 bits per heavy atom. The van der Waals surface area contributed by atoms with Gasteiger partial charge in [-0.3, -0.25) is 10.1 Å². The van der Waals surface area contributed by atoms with Crippen LogP contribution in [0.3, 0.4) is 0 Å². The fraction of sp³-hybridized carbons (Fsp3) is 0.200. The highest BCUT2D eigenvalue weighted by Gasteiger charge is 2.17. The number of nitrogens with zero attached hydrogens (tertiary/aromatic N) is 2. The summed E-state index contributed by atoms with van der Waals surface area (Å²) in [5, 5.41) is 11.1. The Kier molecular flexibility index (Phi) is 4.74. The number of hydrogen-bond donors (Lipinski definition) is 0. The molecule has 2 rings (SSSR count). The average molecular weight is 335 g/mol. The first-order chi connectivity index (χ1) is 9.58. The number of benzene rings is 2. The molecule has 0 N–H and O–H groups in total. The SMILES string of the molecule is CN(CCc1ccccc1)c1ccc(Br)cc1[N+](=O)[O-]. The van der Waals surface area contributed by atoms with Gasteiger partial charge < -0.3 is 4.90 Å². The van der Waals surface area contributed by atoms with Gasteiger partial charge in [0.1, 0.15) is 5.69 Å². The van der Waals surface area contributed by atoms with Crippen LogP contribution in [0.4, 0.5) is 11.4 Å². The van der Waals surface area contributed by atoms with E-state index in [4.69, 9.17) is 0 Å². The van der Waals surface area contributed by atoms with E-state index in [0.717, 1.165) is 13.0 Å². The molecule has 4 nitrogen and oxygen atoms in total. The third kappa shape index (κ3) is 3.57. The maximum atomic E-state index is 11.1. The highest BCUT2D eigenvalue weighted by atomic mass is 79.9. The molecule has 0 spiro atoms. The Morgan fingerprint density at radius 2 is 1.90 bits per heavy atom. The number of anilines is 1. The van der Waals surface area contributed by atoms with Gasteiger partial charge in [0.25, 0.3) is 5.69 Å². The molecule has 0 saturated carbocycles. The molecule has 2 aromatic rings. The lowest BCUT2D eigenvalue weighted by Crippen LogP contribution is -2.21. The van der Waals surface area contributed by atoms with Crippen LogP contribution in [0.2, 0.25) is 0 Å². The van der Waals surface area contributed by atoms with E-state index in [2.05, 4.69) is 28.1 Å². The highest BCUT2D eigenvalue weighted by Crippen LogP contribution is 2.30. The lowest BCUT2D eigenvalue weighted by molar-refractivity contribution is -0.384. The van der Waals surface area contributed by atoms with Gasteiger partial charge in [-0.25, -0.2) is 0 Å². The molecule has 0 radical (unpaired) electrons. The van der Waals surface area contributed by atoms with Gasteiger partial charge in [0, 0.05) is 24.1 Å². The zero-order valence-corrected chi connectivity index (χ0v) is 12.7. The topological polar surface area (TPSA) is 46.4 Å². The number of hydrogen-bond acceptors (Lipinski definition) is 3. The van der Waals surface area contributed by atoms with Crippen LogP contribution in [0.25, 0.3) is 0 Å². The van der Waals surface area contributed by atoms with Gasteiger partial charge in [-0.15, -0.1) is 0 Å². The first kappa shape index (κ1) is 14.5. The van der Waals surface area contributed by atoms with E-state index in [9.17, 15) is 10.1 Å². The number of nitro groups is 1. The lowest BCUT2D eigenvalue weighted by Gasteiger charge is -2.19. The smallest absolute Gasteiger partial charge is 0.293 e. The lowest BCUT2D eigenvalue weighted by atomic mass is 10.1. The normalized spacial score (nSPS) is 10.3. The van der Waals surface area contributed by atoms with Gasteiger partial charge >= 0.3 is 0 Å². The fourth-order valence-corrected chi connectivity index (χ4v) is 2.38. The Hall–Kier alpha value is -1.88. The van der Waals surface area contributed by atoms with Crippen LogP contribution in [0.5, 0.6) is 0 Å². The van der Waals surface area contributed by atoms with E-state index in [1.165, 1.54) is 11.6 Å². The molecule has 0 amide bonds. The van der Waals surface area contributed by atoms with Crippen LogP contribution >= 0.6 is 15.9 Å². The van der Waals surface area contributed by atoms with Crippen LogP contribution in [0.1, 0.15) is 5.56 Å². The summed E-state index contributed by atoms with van der Waals surface area (Å²) in [5.41, 5.74) is 1.98. The molecule has 0 atom stereocenters. The van der Waals surface area contributed by atoms with E-state index >= 15 is 0 Å². The third-order valence-corrected chi connectivity index (χ3v) is 3.62. The first-order valence-electron chi connectivity index (χ1n) is 6.27. The summed E-state index contributed by atoms with van der Waals surface area (Å²) in [7, 11) is 1.87. The van der Waals surface area contributed by atoms with Crippen LogP contribution in [0.15, 0.2) is 53.0 Å². The molecule has 0 saturated heterocycles. The predicted molar refractivity (Wildman–Crippen MR) is 84.2 cm³/mol. The molecule has 0 fully saturated rings. The molecule has 0 aliphatic rings. The van der Waals surface area contributed by atoms with Gasteiger partial charge in [-0.1, -0.05) is 46.3 Å². The number of nitro benzene ring substituents is 1. The van der Waals surface area contributed by atoms with E-state index in [-0.39, 0.29) is 10.6 Å². The maximum Gasteiger partial charge on any atom is 0.293 e. The molecule has 2 aromatic carbocycles. The molecule has 0 bridgehead atoms. The summed E-state index contributed by atoms with van der Waals surface area (Å²) >= 11 is 3.27. The number of likely N-dealkylation sites (N-methyl/N-ethyl adjacent to an activating group) is 1.